The van der Waals surface area contributed by atoms with Gasteiger partial charge in [0.2, 0.25) is 0 Å². The van der Waals surface area contributed by atoms with Crippen LogP contribution in [0.4, 0.5) is 4.79 Å². The molecule has 122 valence electrons. The molecule has 0 unspecified atom stereocenters. The van der Waals surface area contributed by atoms with Gasteiger partial charge < -0.3 is 14.8 Å². The van der Waals surface area contributed by atoms with Gasteiger partial charge in [-0.25, -0.2) is 4.79 Å². The third kappa shape index (κ3) is 6.61. The minimum atomic E-state index is -0.496. The normalized spacial score (nSPS) is 10.9. The summed E-state index contributed by atoms with van der Waals surface area (Å²) in [6.45, 7) is 5.95. The fourth-order valence-electron chi connectivity index (χ4n) is 1.92. The zero-order chi connectivity index (χ0) is 16.6. The number of carbonyl (C=O) groups is 2. The molecule has 0 aliphatic rings. The van der Waals surface area contributed by atoms with Crippen LogP contribution in [0, 0.1) is 0 Å². The Kier molecular flexibility index (Phi) is 6.89. The number of ether oxygens (including phenoxy) is 2. The van der Waals surface area contributed by atoms with E-state index in [-0.39, 0.29) is 5.78 Å². The first kappa shape index (κ1) is 18.0. The standard InChI is InChI=1S/C17H25NO4/c1-17(2,3)22-16(20)18-12-8-7-10-14(19)13-9-5-6-11-15(13)21-4/h5-6,9,11H,7-8,10,12H2,1-4H3,(H,18,20). The van der Waals surface area contributed by atoms with Crippen molar-refractivity contribution in [3.05, 3.63) is 29.8 Å². The molecule has 0 spiro atoms. The number of ketones is 1. The van der Waals surface area contributed by atoms with Gasteiger partial charge in [0, 0.05) is 13.0 Å². The van der Waals surface area contributed by atoms with E-state index in [9.17, 15) is 9.59 Å². The topological polar surface area (TPSA) is 64.6 Å². The van der Waals surface area contributed by atoms with Crippen LogP contribution >= 0.6 is 0 Å². The molecule has 0 radical (unpaired) electrons. The van der Waals surface area contributed by atoms with Crippen molar-refractivity contribution in [3.63, 3.8) is 0 Å². The van der Waals surface area contributed by atoms with Gasteiger partial charge in [0.1, 0.15) is 11.4 Å². The Morgan fingerprint density at radius 3 is 2.45 bits per heavy atom. The fourth-order valence-corrected chi connectivity index (χ4v) is 1.92. The number of benzene rings is 1. The predicted molar refractivity (Wildman–Crippen MR) is 85.4 cm³/mol. The molecular formula is C17H25NO4. The maximum absolute atomic E-state index is 12.1. The number of carbonyl (C=O) groups excluding carboxylic acids is 2. The maximum Gasteiger partial charge on any atom is 0.407 e. The number of unbranched alkanes of at least 4 members (excludes halogenated alkanes) is 1. The highest BCUT2D eigenvalue weighted by molar-refractivity contribution is 5.98. The van der Waals surface area contributed by atoms with Crippen LogP contribution in [0.3, 0.4) is 0 Å². The van der Waals surface area contributed by atoms with Gasteiger partial charge in [-0.2, -0.15) is 0 Å². The number of para-hydroxylation sites is 1. The Labute approximate surface area is 132 Å². The van der Waals surface area contributed by atoms with Crippen LogP contribution in [0.25, 0.3) is 0 Å². The van der Waals surface area contributed by atoms with E-state index in [1.165, 1.54) is 0 Å². The molecule has 5 heteroatoms. The van der Waals surface area contributed by atoms with Gasteiger partial charge in [0.05, 0.1) is 12.7 Å². The SMILES string of the molecule is COc1ccccc1C(=O)CCCCNC(=O)OC(C)(C)C. The highest BCUT2D eigenvalue weighted by Crippen LogP contribution is 2.19. The van der Waals surface area contributed by atoms with Crippen LogP contribution in [0.5, 0.6) is 5.75 Å². The quantitative estimate of drug-likeness (QED) is 0.618. The first-order valence-electron chi connectivity index (χ1n) is 7.46. The van der Waals surface area contributed by atoms with Crippen molar-refractivity contribution < 1.29 is 19.1 Å². The average molecular weight is 307 g/mol. The molecule has 22 heavy (non-hydrogen) atoms. The monoisotopic (exact) mass is 307 g/mol. The molecule has 0 saturated heterocycles. The molecular weight excluding hydrogens is 282 g/mol. The summed E-state index contributed by atoms with van der Waals surface area (Å²) in [5, 5.41) is 2.68. The van der Waals surface area contributed by atoms with Crippen LogP contribution in [-0.2, 0) is 4.74 Å². The summed E-state index contributed by atoms with van der Waals surface area (Å²) in [5.74, 6) is 0.647. The lowest BCUT2D eigenvalue weighted by atomic mass is 10.0. The molecule has 5 nitrogen and oxygen atoms in total. The second-order valence-electron chi connectivity index (χ2n) is 6.01. The Bertz CT molecular complexity index is 506. The highest BCUT2D eigenvalue weighted by atomic mass is 16.6. The van der Waals surface area contributed by atoms with E-state index in [4.69, 9.17) is 9.47 Å². The number of hydrogen-bond donors (Lipinski definition) is 1. The number of methoxy groups -OCH3 is 1. The molecule has 1 N–H and O–H groups in total. The number of amides is 1. The van der Waals surface area contributed by atoms with Gasteiger partial charge in [-0.1, -0.05) is 12.1 Å². The Balaban J connectivity index is 2.27. The van der Waals surface area contributed by atoms with Crippen LogP contribution in [-0.4, -0.2) is 31.1 Å². The Hall–Kier alpha value is -2.04. The van der Waals surface area contributed by atoms with Crippen molar-refractivity contribution in [1.29, 1.82) is 0 Å². The molecule has 0 saturated carbocycles. The molecule has 0 heterocycles. The van der Waals surface area contributed by atoms with Gasteiger partial charge in [-0.05, 0) is 45.7 Å². The molecule has 0 bridgehead atoms. The fraction of sp³-hybridized carbons (Fsp3) is 0.529. The van der Waals surface area contributed by atoms with E-state index in [1.54, 1.807) is 19.2 Å². The zero-order valence-corrected chi connectivity index (χ0v) is 13.8. The van der Waals surface area contributed by atoms with E-state index < -0.39 is 11.7 Å². The maximum atomic E-state index is 12.1. The molecule has 1 aromatic rings. The van der Waals surface area contributed by atoms with Crippen molar-refractivity contribution in [2.45, 2.75) is 45.6 Å². The van der Waals surface area contributed by atoms with Crippen LogP contribution in [0.15, 0.2) is 24.3 Å². The molecule has 0 aliphatic carbocycles. The second kappa shape index (κ2) is 8.41. The molecule has 1 aromatic carbocycles. The first-order valence-corrected chi connectivity index (χ1v) is 7.46. The van der Waals surface area contributed by atoms with Crippen LogP contribution < -0.4 is 10.1 Å². The molecule has 1 rings (SSSR count). The van der Waals surface area contributed by atoms with Crippen molar-refractivity contribution >= 4 is 11.9 Å². The minimum absolute atomic E-state index is 0.0507. The van der Waals surface area contributed by atoms with E-state index in [0.29, 0.717) is 30.7 Å². The number of hydrogen-bond acceptors (Lipinski definition) is 4. The van der Waals surface area contributed by atoms with Crippen molar-refractivity contribution in [2.75, 3.05) is 13.7 Å². The molecule has 0 fully saturated rings. The third-order valence-electron chi connectivity index (χ3n) is 2.91. The summed E-state index contributed by atoms with van der Waals surface area (Å²) in [4.78, 5) is 23.6. The van der Waals surface area contributed by atoms with Crippen molar-refractivity contribution in [1.82, 2.24) is 5.32 Å². The van der Waals surface area contributed by atoms with E-state index in [1.807, 2.05) is 32.9 Å². The third-order valence-corrected chi connectivity index (χ3v) is 2.91. The first-order chi connectivity index (χ1) is 10.3. The lowest BCUT2D eigenvalue weighted by molar-refractivity contribution is 0.0527. The molecule has 0 aliphatic heterocycles. The summed E-state index contributed by atoms with van der Waals surface area (Å²) in [7, 11) is 1.55. The van der Waals surface area contributed by atoms with Crippen LogP contribution in [0.1, 0.15) is 50.4 Å². The molecule has 0 atom stereocenters. The van der Waals surface area contributed by atoms with E-state index >= 15 is 0 Å². The number of alkyl carbamates (subject to hydrolysis) is 1. The molecule has 0 aromatic heterocycles. The van der Waals surface area contributed by atoms with Crippen molar-refractivity contribution in [3.8, 4) is 5.75 Å². The van der Waals surface area contributed by atoms with E-state index in [0.717, 1.165) is 6.42 Å². The zero-order valence-electron chi connectivity index (χ0n) is 13.8. The number of nitrogens with one attached hydrogen (secondary N) is 1. The summed E-state index contributed by atoms with van der Waals surface area (Å²) in [6, 6.07) is 7.19. The average Bonchev–Trinajstić information content (AvgIpc) is 2.44. The van der Waals surface area contributed by atoms with Crippen molar-refractivity contribution in [2.24, 2.45) is 0 Å². The van der Waals surface area contributed by atoms with Gasteiger partial charge in [-0.3, -0.25) is 4.79 Å². The van der Waals surface area contributed by atoms with Gasteiger partial charge in [0.15, 0.2) is 5.78 Å². The van der Waals surface area contributed by atoms with Crippen LogP contribution in [0.2, 0.25) is 0 Å². The largest absolute Gasteiger partial charge is 0.496 e. The van der Waals surface area contributed by atoms with Gasteiger partial charge >= 0.3 is 6.09 Å². The molecule has 1 amide bonds. The van der Waals surface area contributed by atoms with Gasteiger partial charge in [0.25, 0.3) is 0 Å². The highest BCUT2D eigenvalue weighted by Gasteiger charge is 2.15. The minimum Gasteiger partial charge on any atom is -0.496 e. The number of Topliss-reactive ketones (excluding diaryl/α,β-unsaturated/α-hetero) is 1. The summed E-state index contributed by atoms with van der Waals surface area (Å²) in [6.07, 6.45) is 1.42. The summed E-state index contributed by atoms with van der Waals surface area (Å²) >= 11 is 0. The summed E-state index contributed by atoms with van der Waals surface area (Å²) in [5.41, 5.74) is 0.106. The summed E-state index contributed by atoms with van der Waals surface area (Å²) < 4.78 is 10.3. The lowest BCUT2D eigenvalue weighted by Gasteiger charge is -2.19. The number of rotatable bonds is 7. The van der Waals surface area contributed by atoms with Gasteiger partial charge in [-0.15, -0.1) is 0 Å². The second-order valence-corrected chi connectivity index (χ2v) is 6.01. The Morgan fingerprint density at radius 1 is 1.14 bits per heavy atom. The van der Waals surface area contributed by atoms with E-state index in [2.05, 4.69) is 5.32 Å². The predicted octanol–water partition coefficient (Wildman–Crippen LogP) is 3.57. The lowest BCUT2D eigenvalue weighted by Crippen LogP contribution is -2.33. The Morgan fingerprint density at radius 2 is 1.82 bits per heavy atom. The smallest absolute Gasteiger partial charge is 0.407 e.